The first-order chi connectivity index (χ1) is 8.79. The van der Waals surface area contributed by atoms with Crippen LogP contribution in [0.1, 0.15) is 5.56 Å². The van der Waals surface area contributed by atoms with Crippen LogP contribution in [-0.2, 0) is 11.4 Å². The molecule has 0 bridgehead atoms. The number of carbonyl (C=O) groups is 1. The van der Waals surface area contributed by atoms with Crippen molar-refractivity contribution in [3.63, 3.8) is 0 Å². The summed E-state index contributed by atoms with van der Waals surface area (Å²) in [6.07, 6.45) is 4.96. The van der Waals surface area contributed by atoms with E-state index >= 15 is 0 Å². The second-order valence-electron chi connectivity index (χ2n) is 3.40. The van der Waals surface area contributed by atoms with Gasteiger partial charge in [-0.3, -0.25) is 9.78 Å². The number of hydrogen-bond acceptors (Lipinski definition) is 4. The fourth-order valence-corrected chi connectivity index (χ4v) is 1.35. The highest BCUT2D eigenvalue weighted by molar-refractivity contribution is 5.71. The molecular weight excluding hydrogens is 237 g/mol. The van der Waals surface area contributed by atoms with Crippen LogP contribution in [0, 0.1) is 5.82 Å². The van der Waals surface area contributed by atoms with Crippen molar-refractivity contribution >= 4 is 12.1 Å². The predicted molar refractivity (Wildman–Crippen MR) is 62.5 cm³/mol. The van der Waals surface area contributed by atoms with Crippen LogP contribution < -0.4 is 10.1 Å². The van der Waals surface area contributed by atoms with Gasteiger partial charge in [-0.25, -0.2) is 9.37 Å². The average Bonchev–Trinajstić information content (AvgIpc) is 2.41. The quantitative estimate of drug-likeness (QED) is 0.818. The fraction of sp³-hybridized carbons (Fsp3) is 0.0833. The van der Waals surface area contributed by atoms with Gasteiger partial charge in [0.05, 0.1) is 6.20 Å². The van der Waals surface area contributed by atoms with Gasteiger partial charge in [0.25, 0.3) is 0 Å². The van der Waals surface area contributed by atoms with Gasteiger partial charge in [-0.2, -0.15) is 0 Å². The van der Waals surface area contributed by atoms with Crippen molar-refractivity contribution < 1.29 is 13.9 Å². The Bertz CT molecular complexity index is 534. The van der Waals surface area contributed by atoms with Gasteiger partial charge in [0.15, 0.2) is 0 Å². The van der Waals surface area contributed by atoms with Gasteiger partial charge in [0.2, 0.25) is 12.3 Å². The predicted octanol–water partition coefficient (Wildman–Crippen LogP) is 1.76. The zero-order valence-corrected chi connectivity index (χ0v) is 9.34. The number of benzene rings is 1. The lowest BCUT2D eigenvalue weighted by atomic mass is 10.2. The summed E-state index contributed by atoms with van der Waals surface area (Å²) in [4.78, 5) is 18.0. The Morgan fingerprint density at radius 2 is 2.28 bits per heavy atom. The third kappa shape index (κ3) is 3.00. The second-order valence-corrected chi connectivity index (χ2v) is 3.40. The largest absolute Gasteiger partial charge is 0.472 e. The van der Waals surface area contributed by atoms with Crippen molar-refractivity contribution in [1.29, 1.82) is 0 Å². The molecule has 0 saturated heterocycles. The summed E-state index contributed by atoms with van der Waals surface area (Å²) in [5, 5.41) is 2.44. The highest BCUT2D eigenvalue weighted by atomic mass is 19.1. The second kappa shape index (κ2) is 5.72. The Hall–Kier alpha value is -2.50. The number of rotatable bonds is 5. The van der Waals surface area contributed by atoms with Crippen LogP contribution in [0.3, 0.4) is 0 Å². The number of nitrogens with zero attached hydrogens (tertiary/aromatic N) is 2. The Balaban J connectivity index is 2.08. The molecule has 0 radical (unpaired) electrons. The van der Waals surface area contributed by atoms with Crippen molar-refractivity contribution in [2.45, 2.75) is 6.61 Å². The molecule has 2 aromatic rings. The molecule has 5 nitrogen and oxygen atoms in total. The van der Waals surface area contributed by atoms with Crippen LogP contribution in [0.15, 0.2) is 36.8 Å². The van der Waals surface area contributed by atoms with E-state index < -0.39 is 5.82 Å². The molecule has 0 aliphatic heterocycles. The first-order valence-corrected chi connectivity index (χ1v) is 5.17. The van der Waals surface area contributed by atoms with Crippen molar-refractivity contribution in [2.24, 2.45) is 0 Å². The third-order valence-electron chi connectivity index (χ3n) is 2.19. The molecule has 0 unspecified atom stereocenters. The summed E-state index contributed by atoms with van der Waals surface area (Å²) in [6, 6.07) is 4.23. The van der Waals surface area contributed by atoms with Gasteiger partial charge in [-0.15, -0.1) is 0 Å². The summed E-state index contributed by atoms with van der Waals surface area (Å²) >= 11 is 0. The average molecular weight is 247 g/mol. The standard InChI is InChI=1S/C12H10FN3O2/c13-11-2-1-10(16-8-17)5-9(11)7-18-12-6-14-3-4-15-12/h1-6,8H,7H2,(H,16,17). The molecule has 6 heteroatoms. The summed E-state index contributed by atoms with van der Waals surface area (Å²) < 4.78 is 18.8. The summed E-state index contributed by atoms with van der Waals surface area (Å²) in [5.41, 5.74) is 0.830. The lowest BCUT2D eigenvalue weighted by molar-refractivity contribution is -0.105. The Morgan fingerprint density at radius 1 is 1.39 bits per heavy atom. The van der Waals surface area contributed by atoms with Gasteiger partial charge in [0, 0.05) is 23.6 Å². The lowest BCUT2D eigenvalue weighted by Gasteiger charge is -2.07. The summed E-state index contributed by atoms with van der Waals surface area (Å²) in [5.74, 6) is -0.0963. The van der Waals surface area contributed by atoms with E-state index in [-0.39, 0.29) is 6.61 Å². The molecule has 2 rings (SSSR count). The van der Waals surface area contributed by atoms with Crippen LogP contribution in [0.25, 0.3) is 0 Å². The Kier molecular flexibility index (Phi) is 3.80. The molecule has 0 saturated carbocycles. The van der Waals surface area contributed by atoms with E-state index in [1.165, 1.54) is 36.8 Å². The van der Waals surface area contributed by atoms with Crippen molar-refractivity contribution in [1.82, 2.24) is 9.97 Å². The molecule has 0 fully saturated rings. The third-order valence-corrected chi connectivity index (χ3v) is 2.19. The number of nitrogens with one attached hydrogen (secondary N) is 1. The molecule has 1 amide bonds. The van der Waals surface area contributed by atoms with Gasteiger partial charge in [0.1, 0.15) is 12.4 Å². The maximum Gasteiger partial charge on any atom is 0.232 e. The number of hydrogen-bond donors (Lipinski definition) is 1. The monoisotopic (exact) mass is 247 g/mol. The molecule has 0 spiro atoms. The van der Waals surface area contributed by atoms with Crippen molar-refractivity contribution in [3.8, 4) is 5.88 Å². The van der Waals surface area contributed by atoms with Crippen molar-refractivity contribution in [2.75, 3.05) is 5.32 Å². The van der Waals surface area contributed by atoms with E-state index in [1.807, 2.05) is 0 Å². The molecule has 1 aromatic heterocycles. The van der Waals surface area contributed by atoms with E-state index in [0.717, 1.165) is 0 Å². The van der Waals surface area contributed by atoms with E-state index in [2.05, 4.69) is 15.3 Å². The van der Waals surface area contributed by atoms with Crippen LogP contribution in [-0.4, -0.2) is 16.4 Å². The minimum atomic E-state index is -0.407. The molecule has 1 heterocycles. The van der Waals surface area contributed by atoms with Gasteiger partial charge in [-0.05, 0) is 18.2 Å². The minimum absolute atomic E-state index is 0.0128. The summed E-state index contributed by atoms with van der Waals surface area (Å²) in [7, 11) is 0. The van der Waals surface area contributed by atoms with E-state index in [0.29, 0.717) is 23.5 Å². The number of carbonyl (C=O) groups excluding carboxylic acids is 1. The van der Waals surface area contributed by atoms with Crippen LogP contribution in [0.5, 0.6) is 5.88 Å². The smallest absolute Gasteiger partial charge is 0.232 e. The zero-order chi connectivity index (χ0) is 12.8. The van der Waals surface area contributed by atoms with Gasteiger partial charge >= 0.3 is 0 Å². The summed E-state index contributed by atoms with van der Waals surface area (Å²) in [6.45, 7) is 0.0128. The molecule has 92 valence electrons. The number of anilines is 1. The molecule has 0 atom stereocenters. The number of aromatic nitrogens is 2. The molecule has 0 aliphatic rings. The zero-order valence-electron chi connectivity index (χ0n) is 9.34. The highest BCUT2D eigenvalue weighted by Gasteiger charge is 2.05. The first kappa shape index (κ1) is 12.0. The van der Waals surface area contributed by atoms with E-state index in [1.54, 1.807) is 0 Å². The molecule has 0 aliphatic carbocycles. The SMILES string of the molecule is O=CNc1ccc(F)c(COc2cnccn2)c1. The van der Waals surface area contributed by atoms with Crippen LogP contribution in [0.2, 0.25) is 0 Å². The molecule has 1 N–H and O–H groups in total. The molecule has 1 aromatic carbocycles. The normalized spacial score (nSPS) is 9.83. The number of ether oxygens (including phenoxy) is 1. The van der Waals surface area contributed by atoms with Gasteiger partial charge < -0.3 is 10.1 Å². The van der Waals surface area contributed by atoms with Gasteiger partial charge in [-0.1, -0.05) is 0 Å². The maximum atomic E-state index is 13.5. The maximum absolute atomic E-state index is 13.5. The number of halogens is 1. The van der Waals surface area contributed by atoms with E-state index in [9.17, 15) is 9.18 Å². The topological polar surface area (TPSA) is 64.1 Å². The fourth-order valence-electron chi connectivity index (χ4n) is 1.35. The van der Waals surface area contributed by atoms with E-state index in [4.69, 9.17) is 4.74 Å². The lowest BCUT2D eigenvalue weighted by Crippen LogP contribution is -2.02. The number of amides is 1. The minimum Gasteiger partial charge on any atom is -0.472 e. The van der Waals surface area contributed by atoms with Crippen LogP contribution >= 0.6 is 0 Å². The molecular formula is C12H10FN3O2. The van der Waals surface area contributed by atoms with Crippen LogP contribution in [0.4, 0.5) is 10.1 Å². The molecule has 18 heavy (non-hydrogen) atoms. The van der Waals surface area contributed by atoms with Crippen molar-refractivity contribution in [3.05, 3.63) is 48.2 Å². The first-order valence-electron chi connectivity index (χ1n) is 5.17. The Labute approximate surface area is 103 Å². The highest BCUT2D eigenvalue weighted by Crippen LogP contribution is 2.16. The Morgan fingerprint density at radius 3 is 3.00 bits per heavy atom.